The molecule has 6 heteroatoms. The van der Waals surface area contributed by atoms with Crippen LogP contribution in [0.3, 0.4) is 0 Å². The standard InChI is InChI=1S/C116H82N4O2/c1-77-45-59-89(60-46-77)117(93-67-55-85(56-68-93)81-25-7-3-8-26-81)109-73-105-106-74-110(98-38-16-20-42-102(98)114(106)121-113(105)101-41-19-15-37-97(101)109)118(94-69-57-86(58-70-94)82-27-9-4-10-28-82)91-63-51-79(52-64-91)49-50-80-53-65-92(66-54-80)120(96-36-24-34-88(72-96)84-31-13-6-14-32-84)112-76-108-107-75-111(99-39-17-21-43-103(99)115(107)122-116(108)104-44-22-18-40-100(104)112)119(90-61-47-78(2)48-62-90)95-35-23-33-87(71-95)83-29-11-5-12-30-83/h3-48,51-76H,49-50H2,1-2H3. The van der Waals surface area contributed by atoms with E-state index < -0.39 is 0 Å². The van der Waals surface area contributed by atoms with Crippen molar-refractivity contribution in [1.82, 2.24) is 0 Å². The summed E-state index contributed by atoms with van der Waals surface area (Å²) in [6.07, 6.45) is 1.67. The van der Waals surface area contributed by atoms with Gasteiger partial charge in [0.05, 0.1) is 22.7 Å². The van der Waals surface area contributed by atoms with Crippen molar-refractivity contribution in [2.75, 3.05) is 19.6 Å². The lowest BCUT2D eigenvalue weighted by Crippen LogP contribution is -2.11. The molecule has 2 aromatic heterocycles. The van der Waals surface area contributed by atoms with Crippen molar-refractivity contribution in [1.29, 1.82) is 0 Å². The zero-order chi connectivity index (χ0) is 81.1. The second-order valence-corrected chi connectivity index (χ2v) is 32.0. The number of aryl methyl sites for hydroxylation is 4. The van der Waals surface area contributed by atoms with Crippen molar-refractivity contribution < 1.29 is 8.83 Å². The molecule has 0 atom stereocenters. The Morgan fingerprint density at radius 1 is 0.164 bits per heavy atom. The molecule has 122 heavy (non-hydrogen) atoms. The third-order valence-electron chi connectivity index (χ3n) is 24.4. The number of anilines is 12. The van der Waals surface area contributed by atoms with Crippen LogP contribution in [0.1, 0.15) is 22.3 Å². The van der Waals surface area contributed by atoms with Crippen molar-refractivity contribution >= 4 is 155 Å². The van der Waals surface area contributed by atoms with E-state index >= 15 is 0 Å². The Balaban J connectivity index is 0.638. The minimum absolute atomic E-state index is 0.835. The Bertz CT molecular complexity index is 7660. The van der Waals surface area contributed by atoms with E-state index in [9.17, 15) is 0 Å². The fourth-order valence-corrected chi connectivity index (χ4v) is 18.3. The average Bonchev–Trinajstić information content (AvgIpc) is 1.55. The Morgan fingerprint density at radius 2 is 0.377 bits per heavy atom. The lowest BCUT2D eigenvalue weighted by atomic mass is 9.98. The topological polar surface area (TPSA) is 39.2 Å². The minimum Gasteiger partial charge on any atom is -0.455 e. The molecule has 0 saturated heterocycles. The summed E-state index contributed by atoms with van der Waals surface area (Å²) >= 11 is 0. The molecule has 0 saturated carbocycles. The van der Waals surface area contributed by atoms with Crippen LogP contribution < -0.4 is 19.6 Å². The molecule has 22 aromatic rings. The average molecular weight is 1560 g/mol. The van der Waals surface area contributed by atoms with Gasteiger partial charge in [0.15, 0.2) is 0 Å². The minimum atomic E-state index is 0.835. The van der Waals surface area contributed by atoms with Crippen LogP contribution >= 0.6 is 0 Å². The van der Waals surface area contributed by atoms with Gasteiger partial charge in [0.1, 0.15) is 22.3 Å². The molecule has 0 spiro atoms. The Hall–Kier alpha value is -15.8. The zero-order valence-electron chi connectivity index (χ0n) is 67.6. The van der Waals surface area contributed by atoms with Crippen LogP contribution in [-0.4, -0.2) is 0 Å². The number of fused-ring (bicyclic) bond motifs is 14. The molecule has 0 amide bonds. The van der Waals surface area contributed by atoms with Gasteiger partial charge in [-0.15, -0.1) is 0 Å². The number of nitrogens with zero attached hydrogens (tertiary/aromatic N) is 4. The van der Waals surface area contributed by atoms with Crippen LogP contribution in [-0.2, 0) is 12.8 Å². The molecule has 0 aliphatic rings. The fourth-order valence-electron chi connectivity index (χ4n) is 18.3. The molecule has 0 aliphatic carbocycles. The lowest BCUT2D eigenvalue weighted by molar-refractivity contribution is 0.676. The summed E-state index contributed by atoms with van der Waals surface area (Å²) in [5.74, 6) is 0. The summed E-state index contributed by atoms with van der Waals surface area (Å²) in [5, 5.41) is 12.7. The van der Waals surface area contributed by atoms with Crippen molar-refractivity contribution in [3.63, 3.8) is 0 Å². The molecule has 22 rings (SSSR count). The van der Waals surface area contributed by atoms with Gasteiger partial charge in [0.25, 0.3) is 0 Å². The smallest absolute Gasteiger partial charge is 0.143 e. The molecule has 0 N–H and O–H groups in total. The van der Waals surface area contributed by atoms with E-state index in [-0.39, 0.29) is 0 Å². The monoisotopic (exact) mass is 1560 g/mol. The van der Waals surface area contributed by atoms with Crippen LogP contribution in [0.5, 0.6) is 0 Å². The van der Waals surface area contributed by atoms with Gasteiger partial charge in [-0.05, 0) is 204 Å². The first-order valence-corrected chi connectivity index (χ1v) is 42.0. The van der Waals surface area contributed by atoms with Crippen molar-refractivity contribution in [2.24, 2.45) is 0 Å². The fraction of sp³-hybridized carbons (Fsp3) is 0.0345. The lowest BCUT2D eigenvalue weighted by Gasteiger charge is -2.28. The van der Waals surface area contributed by atoms with Gasteiger partial charge >= 0.3 is 0 Å². The highest BCUT2D eigenvalue weighted by molar-refractivity contribution is 6.27. The van der Waals surface area contributed by atoms with Crippen LogP contribution in [0.15, 0.2) is 446 Å². The molecule has 0 radical (unpaired) electrons. The molecule has 0 unspecified atom stereocenters. The third kappa shape index (κ3) is 13.3. The maximum atomic E-state index is 7.35. The zero-order valence-corrected chi connectivity index (χ0v) is 67.6. The van der Waals surface area contributed by atoms with Gasteiger partial charge in [-0.1, -0.05) is 327 Å². The van der Waals surface area contributed by atoms with Crippen LogP contribution in [0, 0.1) is 13.8 Å². The van der Waals surface area contributed by atoms with Gasteiger partial charge in [0.2, 0.25) is 0 Å². The first-order chi connectivity index (χ1) is 60.3. The highest BCUT2D eigenvalue weighted by Crippen LogP contribution is 2.53. The third-order valence-corrected chi connectivity index (χ3v) is 24.4. The van der Waals surface area contributed by atoms with E-state index in [0.717, 1.165) is 190 Å². The number of hydrogen-bond acceptors (Lipinski definition) is 6. The summed E-state index contributed by atoms with van der Waals surface area (Å²) in [6, 6.07) is 159. The van der Waals surface area contributed by atoms with Crippen LogP contribution in [0.4, 0.5) is 68.2 Å². The highest BCUT2D eigenvalue weighted by atomic mass is 16.3. The Labute approximate surface area is 709 Å². The van der Waals surface area contributed by atoms with Gasteiger partial charge in [-0.2, -0.15) is 0 Å². The summed E-state index contributed by atoms with van der Waals surface area (Å²) in [7, 11) is 0. The number of benzene rings is 20. The van der Waals surface area contributed by atoms with Crippen molar-refractivity contribution in [2.45, 2.75) is 26.7 Å². The predicted molar refractivity (Wildman–Crippen MR) is 515 cm³/mol. The molecule has 0 bridgehead atoms. The number of hydrogen-bond donors (Lipinski definition) is 0. The predicted octanol–water partition coefficient (Wildman–Crippen LogP) is 33.0. The Kier molecular flexibility index (Phi) is 18.4. The highest BCUT2D eigenvalue weighted by Gasteiger charge is 2.28. The second-order valence-electron chi connectivity index (χ2n) is 32.0. The van der Waals surface area contributed by atoms with Crippen LogP contribution in [0.2, 0.25) is 0 Å². The first-order valence-electron chi connectivity index (χ1n) is 42.0. The number of rotatable bonds is 19. The molecule has 0 fully saturated rings. The largest absolute Gasteiger partial charge is 0.455 e. The van der Waals surface area contributed by atoms with Gasteiger partial charge in [-0.25, -0.2) is 0 Å². The van der Waals surface area contributed by atoms with E-state index in [1.165, 1.54) is 44.5 Å². The molecular formula is C116H82N4O2. The summed E-state index contributed by atoms with van der Waals surface area (Å²) < 4.78 is 14.7. The van der Waals surface area contributed by atoms with E-state index in [2.05, 4.69) is 470 Å². The summed E-state index contributed by atoms with van der Waals surface area (Å²) in [4.78, 5) is 9.72. The SMILES string of the molecule is Cc1ccc(N(c2ccc(-c3ccccc3)cc2)c2cc3c4cc(N(c5ccc(CCc6ccc(N(c7cccc(-c8ccccc8)c7)c7cc8c9cc(N(c%10ccc(C)cc%10)c%10cccc(-c%11ccccc%11)c%10)c%10ccccc%10c9oc8c8ccccc78)cc6)cc5)c5ccc(-c6ccccc6)cc5)c5ccccc5c4oc3c3ccccc23)cc1. The maximum Gasteiger partial charge on any atom is 0.143 e. The van der Waals surface area contributed by atoms with E-state index in [0.29, 0.717) is 0 Å². The second kappa shape index (κ2) is 30.9. The molecule has 6 nitrogen and oxygen atoms in total. The summed E-state index contributed by atoms with van der Waals surface area (Å²) in [5.41, 5.74) is 30.2. The van der Waals surface area contributed by atoms with E-state index in [1.807, 2.05) is 0 Å². The van der Waals surface area contributed by atoms with E-state index in [4.69, 9.17) is 8.83 Å². The quantitative estimate of drug-likeness (QED) is 0.0803. The molecule has 20 aromatic carbocycles. The first kappa shape index (κ1) is 72.7. The normalized spacial score (nSPS) is 11.6. The maximum absolute atomic E-state index is 7.35. The molecule has 2 heterocycles. The van der Waals surface area contributed by atoms with Gasteiger partial charge < -0.3 is 28.4 Å². The molecule has 578 valence electrons. The number of furan rings is 2. The van der Waals surface area contributed by atoms with E-state index in [1.54, 1.807) is 0 Å². The molecule has 0 aliphatic heterocycles. The summed E-state index contributed by atoms with van der Waals surface area (Å²) in [6.45, 7) is 4.30. The van der Waals surface area contributed by atoms with Gasteiger partial charge in [-0.3, -0.25) is 0 Å². The van der Waals surface area contributed by atoms with Crippen LogP contribution in [0.25, 0.3) is 131 Å². The molecular weight excluding hydrogens is 1480 g/mol. The Morgan fingerprint density at radius 3 is 0.656 bits per heavy atom. The van der Waals surface area contributed by atoms with Crippen molar-refractivity contribution in [3.8, 4) is 44.5 Å². The van der Waals surface area contributed by atoms with Gasteiger partial charge in [0, 0.05) is 110 Å². The van der Waals surface area contributed by atoms with Crippen molar-refractivity contribution in [3.05, 3.63) is 459 Å².